The molecule has 0 radical (unpaired) electrons. The molecule has 11 rings (SSSR count). The lowest BCUT2D eigenvalue weighted by atomic mass is 9.95. The van der Waals surface area contributed by atoms with Crippen LogP contribution in [0, 0.1) is 0 Å². The van der Waals surface area contributed by atoms with E-state index < -0.39 is 0 Å². The summed E-state index contributed by atoms with van der Waals surface area (Å²) in [6.45, 7) is 0. The number of allylic oxidation sites excluding steroid dienone is 2. The first kappa shape index (κ1) is 24.3. The number of fused-ring (bicyclic) bond motifs is 14. The average Bonchev–Trinajstić information content (AvgIpc) is 3.85. The lowest BCUT2D eigenvalue weighted by Gasteiger charge is -2.15. The first-order valence-corrected chi connectivity index (χ1v) is 15.9. The second kappa shape index (κ2) is 8.80. The van der Waals surface area contributed by atoms with Gasteiger partial charge in [-0.1, -0.05) is 78.9 Å². The molecule has 4 heteroatoms. The van der Waals surface area contributed by atoms with Gasteiger partial charge in [-0.05, 0) is 60.7 Å². The standard InChI is InChI=1S/C42H26N2O2/c1-5-16-33-27(12-1)29-20-22-37-39(31-14-3-7-18-35(31)45-37)41(29)43(33)25-10-9-11-26(24-25)44-34-17-6-2-13-28(34)30-21-23-38-40(42(30)44)32-15-4-8-19-36(32)46-38/h1-18,20-24,36H,19H2. The Morgan fingerprint density at radius 3 is 2.04 bits per heavy atom. The maximum absolute atomic E-state index is 6.51. The number of hydrogen-bond acceptors (Lipinski definition) is 2. The van der Waals surface area contributed by atoms with Crippen LogP contribution in [0.5, 0.6) is 5.75 Å². The predicted molar refractivity (Wildman–Crippen MR) is 189 cm³/mol. The summed E-state index contributed by atoms with van der Waals surface area (Å²) in [7, 11) is 0. The Kier molecular flexibility index (Phi) is 4.66. The third kappa shape index (κ3) is 3.08. The summed E-state index contributed by atoms with van der Waals surface area (Å²) in [5, 5.41) is 7.20. The van der Waals surface area contributed by atoms with E-state index in [1.165, 1.54) is 54.7 Å². The van der Waals surface area contributed by atoms with E-state index in [4.69, 9.17) is 9.15 Å². The van der Waals surface area contributed by atoms with Crippen LogP contribution in [0.15, 0.2) is 144 Å². The molecule has 0 N–H and O–H groups in total. The number of ether oxygens (including phenoxy) is 1. The van der Waals surface area contributed by atoms with Crippen LogP contribution in [0.3, 0.4) is 0 Å². The second-order valence-corrected chi connectivity index (χ2v) is 12.4. The van der Waals surface area contributed by atoms with E-state index in [1.807, 2.05) is 6.07 Å². The molecule has 0 saturated heterocycles. The monoisotopic (exact) mass is 590 g/mol. The van der Waals surface area contributed by atoms with Crippen molar-refractivity contribution in [3.63, 3.8) is 0 Å². The Hall–Kier alpha value is -6.00. The Morgan fingerprint density at radius 1 is 0.565 bits per heavy atom. The highest BCUT2D eigenvalue weighted by Crippen LogP contribution is 2.48. The number of furan rings is 1. The van der Waals surface area contributed by atoms with Gasteiger partial charge in [-0.3, -0.25) is 0 Å². The third-order valence-corrected chi connectivity index (χ3v) is 9.99. The number of nitrogens with zero attached hydrogens (tertiary/aromatic N) is 2. The fourth-order valence-corrected chi connectivity index (χ4v) is 8.11. The fraction of sp³-hybridized carbons (Fsp3) is 0.0476. The van der Waals surface area contributed by atoms with Gasteiger partial charge in [0.15, 0.2) is 0 Å². The Balaban J connectivity index is 1.25. The fourth-order valence-electron chi connectivity index (χ4n) is 8.11. The van der Waals surface area contributed by atoms with Crippen molar-refractivity contribution in [3.05, 3.63) is 145 Å². The smallest absolute Gasteiger partial charge is 0.137 e. The molecule has 216 valence electrons. The van der Waals surface area contributed by atoms with Crippen molar-refractivity contribution in [3.8, 4) is 17.1 Å². The van der Waals surface area contributed by atoms with Crippen molar-refractivity contribution in [2.24, 2.45) is 0 Å². The van der Waals surface area contributed by atoms with Crippen LogP contribution in [0.1, 0.15) is 12.0 Å². The van der Waals surface area contributed by atoms with Gasteiger partial charge in [-0.15, -0.1) is 0 Å². The van der Waals surface area contributed by atoms with Gasteiger partial charge >= 0.3 is 0 Å². The lowest BCUT2D eigenvalue weighted by Crippen LogP contribution is -2.12. The zero-order valence-electron chi connectivity index (χ0n) is 24.8. The molecular weight excluding hydrogens is 564 g/mol. The van der Waals surface area contributed by atoms with Gasteiger partial charge in [-0.25, -0.2) is 0 Å². The molecule has 2 aliphatic rings. The highest BCUT2D eigenvalue weighted by molar-refractivity contribution is 6.24. The largest absolute Gasteiger partial charge is 0.485 e. The quantitative estimate of drug-likeness (QED) is 0.201. The minimum Gasteiger partial charge on any atom is -0.485 e. The molecule has 3 aromatic heterocycles. The molecule has 46 heavy (non-hydrogen) atoms. The highest BCUT2D eigenvalue weighted by atomic mass is 16.5. The summed E-state index contributed by atoms with van der Waals surface area (Å²) < 4.78 is 17.7. The molecule has 0 spiro atoms. The minimum absolute atomic E-state index is 0.0631. The summed E-state index contributed by atoms with van der Waals surface area (Å²) in [4.78, 5) is 0. The Labute approximate surface area is 263 Å². The maximum Gasteiger partial charge on any atom is 0.137 e. The lowest BCUT2D eigenvalue weighted by molar-refractivity contribution is 0.279. The average molecular weight is 591 g/mol. The van der Waals surface area contributed by atoms with Gasteiger partial charge in [0.25, 0.3) is 0 Å². The number of para-hydroxylation sites is 3. The molecule has 9 aromatic rings. The summed E-state index contributed by atoms with van der Waals surface area (Å²) in [6, 6.07) is 43.5. The molecule has 4 heterocycles. The highest BCUT2D eigenvalue weighted by Gasteiger charge is 2.33. The van der Waals surface area contributed by atoms with Crippen LogP contribution in [0.4, 0.5) is 0 Å². The molecule has 1 atom stereocenters. The molecule has 0 amide bonds. The third-order valence-electron chi connectivity index (χ3n) is 9.99. The summed E-state index contributed by atoms with van der Waals surface area (Å²) in [5.41, 5.74) is 11.2. The van der Waals surface area contributed by atoms with Gasteiger partial charge in [-0.2, -0.15) is 0 Å². The van der Waals surface area contributed by atoms with Gasteiger partial charge in [0.05, 0.1) is 27.5 Å². The molecule has 0 bridgehead atoms. The minimum atomic E-state index is 0.0631. The molecule has 1 unspecified atom stereocenters. The number of hydrogen-bond donors (Lipinski definition) is 0. The van der Waals surface area contributed by atoms with Gasteiger partial charge in [0, 0.05) is 55.9 Å². The summed E-state index contributed by atoms with van der Waals surface area (Å²) in [5.74, 6) is 0.962. The van der Waals surface area contributed by atoms with E-state index >= 15 is 0 Å². The van der Waals surface area contributed by atoms with Crippen molar-refractivity contribution in [2.45, 2.75) is 12.5 Å². The number of rotatable bonds is 2. The predicted octanol–water partition coefficient (Wildman–Crippen LogP) is 10.9. The molecule has 1 aliphatic carbocycles. The van der Waals surface area contributed by atoms with E-state index in [2.05, 4.69) is 143 Å². The van der Waals surface area contributed by atoms with E-state index in [9.17, 15) is 0 Å². The molecule has 4 nitrogen and oxygen atoms in total. The first-order chi connectivity index (χ1) is 22.8. The van der Waals surface area contributed by atoms with E-state index in [0.717, 1.165) is 45.5 Å². The second-order valence-electron chi connectivity index (χ2n) is 12.4. The summed E-state index contributed by atoms with van der Waals surface area (Å²) in [6.07, 6.45) is 7.55. The Morgan fingerprint density at radius 2 is 1.24 bits per heavy atom. The maximum atomic E-state index is 6.51. The number of benzene rings is 6. The molecule has 6 aromatic carbocycles. The topological polar surface area (TPSA) is 32.2 Å². The van der Waals surface area contributed by atoms with Crippen LogP contribution >= 0.6 is 0 Å². The van der Waals surface area contributed by atoms with Gasteiger partial charge in [0.2, 0.25) is 0 Å². The molecule has 0 saturated carbocycles. The van der Waals surface area contributed by atoms with Gasteiger partial charge in [0.1, 0.15) is 23.0 Å². The van der Waals surface area contributed by atoms with E-state index in [-0.39, 0.29) is 6.10 Å². The van der Waals surface area contributed by atoms with Crippen LogP contribution in [0.2, 0.25) is 0 Å². The van der Waals surface area contributed by atoms with Crippen LogP contribution in [0.25, 0.3) is 82.5 Å². The van der Waals surface area contributed by atoms with E-state index in [0.29, 0.717) is 0 Å². The molecular formula is C42H26N2O2. The van der Waals surface area contributed by atoms with Gasteiger partial charge < -0.3 is 18.3 Å². The first-order valence-electron chi connectivity index (χ1n) is 15.9. The zero-order valence-corrected chi connectivity index (χ0v) is 24.8. The van der Waals surface area contributed by atoms with Crippen LogP contribution in [-0.4, -0.2) is 15.2 Å². The molecule has 0 fully saturated rings. The normalized spacial score (nSPS) is 15.7. The SMILES string of the molecule is C1=CCC2Oc3ccc4c5ccccc5n(-c5cccc(-n6c7ccccc7c7ccc8oc9ccccc9c8c76)c5)c4c3C2=C1. The zero-order chi connectivity index (χ0) is 29.9. The van der Waals surface area contributed by atoms with Crippen LogP contribution in [-0.2, 0) is 0 Å². The summed E-state index contributed by atoms with van der Waals surface area (Å²) >= 11 is 0. The van der Waals surface area contributed by atoms with Crippen molar-refractivity contribution >= 4 is 71.1 Å². The van der Waals surface area contributed by atoms with Crippen LogP contribution < -0.4 is 4.74 Å². The van der Waals surface area contributed by atoms with E-state index in [1.54, 1.807) is 0 Å². The Bertz CT molecular complexity index is 2820. The van der Waals surface area contributed by atoms with Crippen molar-refractivity contribution in [1.82, 2.24) is 9.13 Å². The van der Waals surface area contributed by atoms with Crippen molar-refractivity contribution < 1.29 is 9.15 Å². The van der Waals surface area contributed by atoms with Crippen molar-refractivity contribution in [1.29, 1.82) is 0 Å². The number of aromatic nitrogens is 2. The molecule has 1 aliphatic heterocycles. The van der Waals surface area contributed by atoms with Crippen molar-refractivity contribution in [2.75, 3.05) is 0 Å².